The summed E-state index contributed by atoms with van der Waals surface area (Å²) in [5.74, 6) is 0. The highest BCUT2D eigenvalue weighted by Gasteiger charge is 2.13. The van der Waals surface area contributed by atoms with Crippen LogP contribution in [-0.2, 0) is 13.5 Å². The Labute approximate surface area is 58.8 Å². The van der Waals surface area contributed by atoms with Gasteiger partial charge in [0, 0.05) is 7.05 Å². The van der Waals surface area contributed by atoms with Crippen molar-refractivity contribution in [2.45, 2.75) is 6.42 Å². The highest BCUT2D eigenvalue weighted by molar-refractivity contribution is 5.85. The van der Waals surface area contributed by atoms with Gasteiger partial charge in [-0.2, -0.15) is 0 Å². The predicted octanol–water partition coefficient (Wildman–Crippen LogP) is -0.467. The van der Waals surface area contributed by atoms with E-state index in [4.69, 9.17) is 0 Å². The maximum absolute atomic E-state index is 4.15. The van der Waals surface area contributed by atoms with Crippen LogP contribution < -0.4 is 4.67 Å². The molecule has 1 aliphatic rings. The van der Waals surface area contributed by atoms with Gasteiger partial charge in [-0.3, -0.25) is 0 Å². The molecule has 0 spiro atoms. The summed E-state index contributed by atoms with van der Waals surface area (Å²) in [6.07, 6.45) is 6.40. The Bertz CT molecular complexity index is 316. The van der Waals surface area contributed by atoms with E-state index in [9.17, 15) is 0 Å². The third-order valence-electron chi connectivity index (χ3n) is 1.68. The third-order valence-corrected chi connectivity index (χ3v) is 1.68. The molecule has 0 fully saturated rings. The summed E-state index contributed by atoms with van der Waals surface area (Å²) in [4.78, 5) is 4.15. The molecule has 0 bridgehead atoms. The molecule has 1 aromatic heterocycles. The molecule has 0 N–H and O–H groups in total. The number of hydrogen-bond donors (Lipinski definition) is 0. The van der Waals surface area contributed by atoms with Crippen LogP contribution in [-0.4, -0.2) is 22.0 Å². The molecule has 0 saturated carbocycles. The Hall–Kier alpha value is -1.34. The van der Waals surface area contributed by atoms with E-state index in [1.807, 2.05) is 24.2 Å². The zero-order valence-corrected chi connectivity index (χ0v) is 5.78. The van der Waals surface area contributed by atoms with Crippen LogP contribution >= 0.6 is 0 Å². The predicted molar refractivity (Wildman–Crippen MR) is 40.3 cm³/mol. The van der Waals surface area contributed by atoms with Crippen molar-refractivity contribution in [3.8, 4) is 0 Å². The fourth-order valence-corrected chi connectivity index (χ4v) is 1.09. The molecule has 50 valence electrons. The van der Waals surface area contributed by atoms with Crippen molar-refractivity contribution in [1.29, 1.82) is 0 Å². The SMILES string of the molecule is Cn1cnc2c1CC=[N+]=C2. The Morgan fingerprint density at radius 3 is 3.40 bits per heavy atom. The molecule has 3 heteroatoms. The van der Waals surface area contributed by atoms with Crippen molar-refractivity contribution in [2.24, 2.45) is 7.05 Å². The van der Waals surface area contributed by atoms with E-state index in [0.29, 0.717) is 0 Å². The smallest absolute Gasteiger partial charge is 0.319 e. The van der Waals surface area contributed by atoms with E-state index in [1.165, 1.54) is 5.69 Å². The zero-order valence-electron chi connectivity index (χ0n) is 5.78. The van der Waals surface area contributed by atoms with E-state index in [2.05, 4.69) is 9.65 Å². The maximum atomic E-state index is 4.15. The van der Waals surface area contributed by atoms with Gasteiger partial charge in [-0.05, 0) is 0 Å². The molecular weight excluding hydrogens is 126 g/mol. The average Bonchev–Trinajstić information content (AvgIpc) is 2.34. The van der Waals surface area contributed by atoms with E-state index >= 15 is 0 Å². The Kier molecular flexibility index (Phi) is 0.992. The number of nitrogens with zero attached hydrogens (tertiary/aromatic N) is 3. The minimum absolute atomic E-state index is 0.905. The number of aromatic nitrogens is 2. The highest BCUT2D eigenvalue weighted by atomic mass is 15.0. The summed E-state index contributed by atoms with van der Waals surface area (Å²) < 4.78 is 6.03. The molecular formula is C7H8N3+. The largest absolute Gasteiger partial charge is 0.336 e. The average molecular weight is 134 g/mol. The lowest BCUT2D eigenvalue weighted by Crippen LogP contribution is -2.05. The fraction of sp³-hybridized carbons (Fsp3) is 0.286. The molecule has 2 rings (SSSR count). The van der Waals surface area contributed by atoms with E-state index in [0.717, 1.165) is 12.1 Å². The number of imidazole rings is 1. The number of rotatable bonds is 0. The van der Waals surface area contributed by atoms with E-state index in [1.54, 1.807) is 6.21 Å². The van der Waals surface area contributed by atoms with Crippen molar-refractivity contribution in [2.75, 3.05) is 0 Å². The molecule has 0 radical (unpaired) electrons. The van der Waals surface area contributed by atoms with Crippen LogP contribution in [0.3, 0.4) is 0 Å². The molecule has 0 atom stereocenters. The number of fused-ring (bicyclic) bond motifs is 1. The van der Waals surface area contributed by atoms with Gasteiger partial charge in [-0.15, -0.1) is 4.67 Å². The van der Waals surface area contributed by atoms with Gasteiger partial charge in [-0.1, -0.05) is 0 Å². The van der Waals surface area contributed by atoms with Crippen molar-refractivity contribution in [3.63, 3.8) is 0 Å². The second kappa shape index (κ2) is 1.82. The van der Waals surface area contributed by atoms with Crippen LogP contribution in [0.2, 0.25) is 0 Å². The first-order valence-corrected chi connectivity index (χ1v) is 3.23. The van der Waals surface area contributed by atoms with Gasteiger partial charge in [-0.25, -0.2) is 4.98 Å². The van der Waals surface area contributed by atoms with Crippen LogP contribution in [0.25, 0.3) is 0 Å². The molecule has 0 aliphatic carbocycles. The van der Waals surface area contributed by atoms with Crippen molar-refractivity contribution < 1.29 is 0 Å². The van der Waals surface area contributed by atoms with Gasteiger partial charge in [0.25, 0.3) is 6.21 Å². The molecule has 0 aromatic carbocycles. The molecule has 10 heavy (non-hydrogen) atoms. The molecule has 3 nitrogen and oxygen atoms in total. The van der Waals surface area contributed by atoms with Crippen LogP contribution in [0, 0.1) is 0 Å². The van der Waals surface area contributed by atoms with Gasteiger partial charge in [0.2, 0.25) is 0 Å². The Morgan fingerprint density at radius 1 is 1.70 bits per heavy atom. The minimum atomic E-state index is 0.905. The molecule has 1 aliphatic heterocycles. The fourth-order valence-electron chi connectivity index (χ4n) is 1.09. The Balaban J connectivity index is 2.65. The second-order valence-corrected chi connectivity index (χ2v) is 2.35. The molecule has 2 heterocycles. The van der Waals surface area contributed by atoms with Gasteiger partial charge >= 0.3 is 6.21 Å². The molecule has 0 amide bonds. The van der Waals surface area contributed by atoms with E-state index < -0.39 is 0 Å². The summed E-state index contributed by atoms with van der Waals surface area (Å²) in [7, 11) is 2.00. The standard InChI is InChI=1S/C7H8N3/c1-10-5-9-6-4-8-3-2-7(6)10/h3-5H,2H2,1H3/q+1. The highest BCUT2D eigenvalue weighted by Crippen LogP contribution is 2.03. The van der Waals surface area contributed by atoms with Gasteiger partial charge in [0.1, 0.15) is 0 Å². The van der Waals surface area contributed by atoms with E-state index in [-0.39, 0.29) is 0 Å². The molecule has 0 saturated heterocycles. The minimum Gasteiger partial charge on any atom is -0.336 e. The van der Waals surface area contributed by atoms with Crippen molar-refractivity contribution in [1.82, 2.24) is 14.2 Å². The van der Waals surface area contributed by atoms with Crippen LogP contribution in [0.1, 0.15) is 11.4 Å². The summed E-state index contributed by atoms with van der Waals surface area (Å²) in [6, 6.07) is 0. The van der Waals surface area contributed by atoms with Crippen molar-refractivity contribution in [3.05, 3.63) is 17.7 Å². The summed E-state index contributed by atoms with van der Waals surface area (Å²) in [5.41, 5.74) is 2.25. The van der Waals surface area contributed by atoms with Gasteiger partial charge in [0.05, 0.1) is 18.4 Å². The Morgan fingerprint density at radius 2 is 2.60 bits per heavy atom. The molecule has 1 aromatic rings. The molecule has 0 unspecified atom stereocenters. The quantitative estimate of drug-likeness (QED) is 0.441. The number of hydrogen-bond acceptors (Lipinski definition) is 1. The lowest BCUT2D eigenvalue weighted by molar-refractivity contribution is 0.860. The first-order chi connectivity index (χ1) is 4.88. The van der Waals surface area contributed by atoms with Crippen LogP contribution in [0.5, 0.6) is 0 Å². The van der Waals surface area contributed by atoms with Gasteiger partial charge in [0.15, 0.2) is 5.69 Å². The maximum Gasteiger partial charge on any atom is 0.319 e. The summed E-state index contributed by atoms with van der Waals surface area (Å²) in [5, 5.41) is 0. The lowest BCUT2D eigenvalue weighted by atomic mass is 10.2. The first kappa shape index (κ1) is 5.45. The lowest BCUT2D eigenvalue weighted by Gasteiger charge is -1.94. The first-order valence-electron chi connectivity index (χ1n) is 3.23. The number of aryl methyl sites for hydroxylation is 1. The third kappa shape index (κ3) is 0.613. The van der Waals surface area contributed by atoms with Crippen LogP contribution in [0.15, 0.2) is 6.33 Å². The normalized spacial score (nSPS) is 13.7. The topological polar surface area (TPSA) is 31.9 Å². The second-order valence-electron chi connectivity index (χ2n) is 2.35. The zero-order chi connectivity index (χ0) is 6.97. The van der Waals surface area contributed by atoms with Crippen LogP contribution in [0.4, 0.5) is 0 Å². The van der Waals surface area contributed by atoms with Gasteiger partial charge < -0.3 is 4.57 Å². The van der Waals surface area contributed by atoms with Crippen molar-refractivity contribution >= 4 is 12.4 Å². The monoisotopic (exact) mass is 134 g/mol. The summed E-state index contributed by atoms with van der Waals surface area (Å²) in [6.45, 7) is 0. The summed E-state index contributed by atoms with van der Waals surface area (Å²) >= 11 is 0.